The first-order chi connectivity index (χ1) is 13.2. The molecule has 27 heavy (non-hydrogen) atoms. The third kappa shape index (κ3) is 3.99. The summed E-state index contributed by atoms with van der Waals surface area (Å²) in [7, 11) is 0. The van der Waals surface area contributed by atoms with Crippen molar-refractivity contribution in [2.75, 3.05) is 0 Å². The number of benzene rings is 2. The number of aromatic nitrogens is 1. The summed E-state index contributed by atoms with van der Waals surface area (Å²) < 4.78 is 12.1. The van der Waals surface area contributed by atoms with E-state index >= 15 is 0 Å². The van der Waals surface area contributed by atoms with Crippen molar-refractivity contribution in [3.63, 3.8) is 0 Å². The fraction of sp³-hybridized carbons (Fsp3) is 0. The van der Waals surface area contributed by atoms with Gasteiger partial charge in [-0.1, -0.05) is 69.6 Å². The lowest BCUT2D eigenvalue weighted by atomic mass is 10.1. The van der Waals surface area contributed by atoms with Crippen molar-refractivity contribution in [2.24, 2.45) is 0 Å². The molecule has 0 unspecified atom stereocenters. The number of hydrogen-bond donors (Lipinski definition) is 0. The molecule has 0 bridgehead atoms. The molecule has 0 aliphatic heterocycles. The zero-order valence-electron chi connectivity index (χ0n) is 14.1. The van der Waals surface area contributed by atoms with Crippen LogP contribution in [0.1, 0.15) is 27.4 Å². The molecule has 2 aromatic carbocycles. The van der Waals surface area contributed by atoms with Gasteiger partial charge in [0, 0.05) is 16.1 Å². The summed E-state index contributed by atoms with van der Waals surface area (Å²) in [5.74, 6) is 1.43. The van der Waals surface area contributed by atoms with Gasteiger partial charge in [-0.05, 0) is 35.9 Å². The lowest BCUT2D eigenvalue weighted by Gasteiger charge is -1.94. The van der Waals surface area contributed by atoms with E-state index in [9.17, 15) is 4.79 Å². The average Bonchev–Trinajstić information content (AvgIpc) is 3.37. The normalized spacial score (nSPS) is 11.1. The number of furan rings is 1. The highest BCUT2D eigenvalue weighted by molar-refractivity contribution is 9.10. The van der Waals surface area contributed by atoms with E-state index in [4.69, 9.17) is 8.94 Å². The van der Waals surface area contributed by atoms with Crippen LogP contribution in [0, 0.1) is 0 Å². The van der Waals surface area contributed by atoms with Gasteiger partial charge in [-0.15, -0.1) is 0 Å². The Kier molecular flexibility index (Phi) is 4.85. The number of hydrogen-bond acceptors (Lipinski definition) is 4. The molecule has 132 valence electrons. The Labute approximate surface area is 164 Å². The van der Waals surface area contributed by atoms with Gasteiger partial charge in [-0.3, -0.25) is 4.79 Å². The van der Waals surface area contributed by atoms with Gasteiger partial charge in [0.1, 0.15) is 5.76 Å². The smallest absolute Gasteiger partial charge is 0.214 e. The van der Waals surface area contributed by atoms with Crippen LogP contribution in [0.4, 0.5) is 0 Å². The van der Waals surface area contributed by atoms with Crippen LogP contribution in [-0.2, 0) is 0 Å². The number of rotatable bonds is 5. The third-order valence-corrected chi connectivity index (χ3v) is 4.49. The van der Waals surface area contributed by atoms with Crippen molar-refractivity contribution in [1.29, 1.82) is 0 Å². The van der Waals surface area contributed by atoms with E-state index in [1.165, 1.54) is 0 Å². The number of carbonyl (C=O) groups excluding carboxylic acids is 1. The van der Waals surface area contributed by atoms with Crippen LogP contribution >= 0.6 is 15.9 Å². The minimum atomic E-state index is -0.187. The zero-order valence-corrected chi connectivity index (χ0v) is 15.7. The predicted octanol–water partition coefficient (Wildman–Crippen LogP) is 6.10. The van der Waals surface area contributed by atoms with E-state index in [1.807, 2.05) is 60.7 Å². The molecule has 4 nitrogen and oxygen atoms in total. The first-order valence-corrected chi connectivity index (χ1v) is 9.09. The van der Waals surface area contributed by atoms with Gasteiger partial charge in [0.15, 0.2) is 11.5 Å². The Hall–Kier alpha value is -3.18. The predicted molar refractivity (Wildman–Crippen MR) is 107 cm³/mol. The molecule has 0 N–H and O–H groups in total. The highest BCUT2D eigenvalue weighted by Gasteiger charge is 2.17. The third-order valence-electron chi connectivity index (χ3n) is 3.96. The molecular formula is C22H14BrNO3. The Morgan fingerprint density at radius 3 is 2.44 bits per heavy atom. The topological polar surface area (TPSA) is 56.2 Å². The van der Waals surface area contributed by atoms with Gasteiger partial charge in [-0.2, -0.15) is 0 Å². The highest BCUT2D eigenvalue weighted by Crippen LogP contribution is 2.25. The molecular weight excluding hydrogens is 406 g/mol. The fourth-order valence-electron chi connectivity index (χ4n) is 2.56. The van der Waals surface area contributed by atoms with Crippen LogP contribution in [0.25, 0.3) is 23.7 Å². The fourth-order valence-corrected chi connectivity index (χ4v) is 2.83. The number of carbonyl (C=O) groups is 1. The van der Waals surface area contributed by atoms with Crippen molar-refractivity contribution < 1.29 is 13.7 Å². The largest absolute Gasteiger partial charge is 0.453 e. The van der Waals surface area contributed by atoms with Crippen molar-refractivity contribution in [1.82, 2.24) is 5.16 Å². The highest BCUT2D eigenvalue weighted by atomic mass is 79.9. The van der Waals surface area contributed by atoms with E-state index in [0.717, 1.165) is 10.0 Å². The zero-order chi connectivity index (χ0) is 18.6. The molecule has 0 saturated heterocycles. The standard InChI is InChI=1S/C22H14BrNO3/c23-17-9-6-15(7-10-17)8-11-18-12-13-20(26-18)21-14-19(24-27-21)22(25)16-4-2-1-3-5-16/h1-14H/b11-8+. The second-order valence-electron chi connectivity index (χ2n) is 5.86. The summed E-state index contributed by atoms with van der Waals surface area (Å²) in [5.41, 5.74) is 1.88. The second-order valence-corrected chi connectivity index (χ2v) is 6.77. The molecule has 2 heterocycles. The van der Waals surface area contributed by atoms with Gasteiger partial charge in [-0.25, -0.2) is 0 Å². The van der Waals surface area contributed by atoms with E-state index in [1.54, 1.807) is 24.3 Å². The van der Waals surface area contributed by atoms with E-state index in [0.29, 0.717) is 22.8 Å². The van der Waals surface area contributed by atoms with Crippen molar-refractivity contribution in [2.45, 2.75) is 0 Å². The molecule has 0 aliphatic carbocycles. The lowest BCUT2D eigenvalue weighted by Crippen LogP contribution is -2.00. The maximum absolute atomic E-state index is 12.4. The quantitative estimate of drug-likeness (QED) is 0.366. The van der Waals surface area contributed by atoms with Crippen LogP contribution in [-0.4, -0.2) is 10.9 Å². The van der Waals surface area contributed by atoms with Gasteiger partial charge >= 0.3 is 0 Å². The van der Waals surface area contributed by atoms with Gasteiger partial charge in [0.25, 0.3) is 0 Å². The first-order valence-electron chi connectivity index (χ1n) is 8.29. The summed E-state index contributed by atoms with van der Waals surface area (Å²) >= 11 is 3.41. The monoisotopic (exact) mass is 419 g/mol. The van der Waals surface area contributed by atoms with Gasteiger partial charge in [0.2, 0.25) is 11.5 Å². The minimum Gasteiger partial charge on any atom is -0.453 e. The summed E-state index contributed by atoms with van der Waals surface area (Å²) in [6.07, 6.45) is 3.83. The molecule has 0 fully saturated rings. The minimum absolute atomic E-state index is 0.187. The van der Waals surface area contributed by atoms with E-state index < -0.39 is 0 Å². The van der Waals surface area contributed by atoms with Crippen molar-refractivity contribution in [3.05, 3.63) is 99.9 Å². The molecule has 0 atom stereocenters. The number of halogens is 1. The Bertz CT molecular complexity index is 1090. The van der Waals surface area contributed by atoms with Crippen LogP contribution in [0.2, 0.25) is 0 Å². The Morgan fingerprint density at radius 1 is 0.889 bits per heavy atom. The van der Waals surface area contributed by atoms with Crippen LogP contribution in [0.5, 0.6) is 0 Å². The second kappa shape index (κ2) is 7.60. The van der Waals surface area contributed by atoms with Gasteiger partial charge < -0.3 is 8.94 Å². The van der Waals surface area contributed by atoms with Gasteiger partial charge in [0.05, 0.1) is 0 Å². The van der Waals surface area contributed by atoms with Crippen molar-refractivity contribution in [3.8, 4) is 11.5 Å². The summed E-state index contributed by atoms with van der Waals surface area (Å²) in [6.45, 7) is 0. The van der Waals surface area contributed by atoms with Crippen molar-refractivity contribution >= 4 is 33.9 Å². The van der Waals surface area contributed by atoms with Crippen LogP contribution < -0.4 is 0 Å². The van der Waals surface area contributed by atoms with E-state index in [2.05, 4.69) is 21.1 Å². The Balaban J connectivity index is 1.51. The average molecular weight is 420 g/mol. The molecule has 0 spiro atoms. The molecule has 4 aromatic rings. The summed E-state index contributed by atoms with van der Waals surface area (Å²) in [4.78, 5) is 12.4. The van der Waals surface area contributed by atoms with E-state index in [-0.39, 0.29) is 11.5 Å². The number of nitrogens with zero attached hydrogens (tertiary/aromatic N) is 1. The SMILES string of the molecule is O=C(c1ccccc1)c1cc(-c2ccc(/C=C/c3ccc(Br)cc3)o2)on1. The summed E-state index contributed by atoms with van der Waals surface area (Å²) in [5, 5.41) is 3.87. The molecule has 0 radical (unpaired) electrons. The molecule has 0 saturated carbocycles. The molecule has 4 rings (SSSR count). The lowest BCUT2D eigenvalue weighted by molar-refractivity contribution is 0.103. The molecule has 2 aromatic heterocycles. The maximum atomic E-state index is 12.4. The number of ketones is 1. The molecule has 0 aliphatic rings. The Morgan fingerprint density at radius 2 is 1.67 bits per heavy atom. The van der Waals surface area contributed by atoms with Crippen LogP contribution in [0.3, 0.4) is 0 Å². The summed E-state index contributed by atoms with van der Waals surface area (Å²) in [6, 6.07) is 22.2. The molecule has 0 amide bonds. The maximum Gasteiger partial charge on any atom is 0.214 e. The first kappa shape index (κ1) is 17.2. The van der Waals surface area contributed by atoms with Crippen LogP contribution in [0.15, 0.2) is 86.2 Å². The molecule has 5 heteroatoms.